The summed E-state index contributed by atoms with van der Waals surface area (Å²) in [6.07, 6.45) is 6.50. The maximum absolute atomic E-state index is 12.2. The van der Waals surface area contributed by atoms with Gasteiger partial charge in [0, 0.05) is 37.7 Å². The summed E-state index contributed by atoms with van der Waals surface area (Å²) in [6, 6.07) is 0.536. The number of ether oxygens (including phenoxy) is 2. The molecule has 2 saturated carbocycles. The van der Waals surface area contributed by atoms with Gasteiger partial charge in [0.05, 0.1) is 6.10 Å². The monoisotopic (exact) mass is 340 g/mol. The van der Waals surface area contributed by atoms with Crippen molar-refractivity contribution in [2.45, 2.75) is 84.5 Å². The van der Waals surface area contributed by atoms with Crippen molar-refractivity contribution in [1.82, 2.24) is 10.2 Å². The van der Waals surface area contributed by atoms with Crippen LogP contribution in [0.15, 0.2) is 0 Å². The molecule has 2 rings (SSSR count). The zero-order valence-corrected chi connectivity index (χ0v) is 16.2. The average Bonchev–Trinajstić information content (AvgIpc) is 3.00. The summed E-state index contributed by atoms with van der Waals surface area (Å²) in [5.41, 5.74) is -0.0938. The lowest BCUT2D eigenvalue weighted by molar-refractivity contribution is -0.130. The predicted molar refractivity (Wildman–Crippen MR) is 96.2 cm³/mol. The number of nitrogens with zero attached hydrogens (tertiary/aromatic N) is 1. The van der Waals surface area contributed by atoms with Crippen LogP contribution >= 0.6 is 0 Å². The van der Waals surface area contributed by atoms with Gasteiger partial charge in [0.25, 0.3) is 0 Å². The molecule has 0 radical (unpaired) electrons. The molecule has 5 heteroatoms. The number of likely N-dealkylation sites (N-methyl/N-ethyl adjacent to an activating group) is 1. The van der Waals surface area contributed by atoms with E-state index in [2.05, 4.69) is 12.2 Å². The van der Waals surface area contributed by atoms with E-state index in [1.165, 1.54) is 25.7 Å². The second-order valence-corrected chi connectivity index (χ2v) is 8.19. The first-order valence-electron chi connectivity index (χ1n) is 9.65. The van der Waals surface area contributed by atoms with Crippen molar-refractivity contribution in [2.75, 3.05) is 26.2 Å². The fraction of sp³-hybridized carbons (Fsp3) is 0.947. The van der Waals surface area contributed by atoms with Gasteiger partial charge >= 0.3 is 6.09 Å². The van der Waals surface area contributed by atoms with Gasteiger partial charge in [-0.05, 0) is 53.9 Å². The van der Waals surface area contributed by atoms with Crippen LogP contribution in [0.1, 0.15) is 66.7 Å². The second kappa shape index (κ2) is 8.05. The molecule has 0 aromatic carbocycles. The topological polar surface area (TPSA) is 50.8 Å². The maximum atomic E-state index is 12.2. The molecule has 1 amide bonds. The Kier molecular flexibility index (Phi) is 6.54. The van der Waals surface area contributed by atoms with E-state index >= 15 is 0 Å². The van der Waals surface area contributed by atoms with Gasteiger partial charge in [0.2, 0.25) is 0 Å². The van der Waals surface area contributed by atoms with Crippen LogP contribution in [0, 0.1) is 5.41 Å². The standard InChI is InChI=1S/C19H36N2O3/c1-6-21(17(22)24-18(3,4)5)13-12-20-15-14-16(23-7-2)19(15)10-8-9-11-19/h15-16,20H,6-14H2,1-5H3. The molecule has 0 aromatic rings. The molecule has 2 aliphatic carbocycles. The number of nitrogens with one attached hydrogen (secondary N) is 1. The first-order valence-corrected chi connectivity index (χ1v) is 9.65. The molecule has 0 bridgehead atoms. The fourth-order valence-electron chi connectivity index (χ4n) is 4.25. The van der Waals surface area contributed by atoms with Crippen LogP contribution in [0.25, 0.3) is 0 Å². The minimum absolute atomic E-state index is 0.219. The number of carbonyl (C=O) groups is 1. The quantitative estimate of drug-likeness (QED) is 0.770. The average molecular weight is 341 g/mol. The Balaban J connectivity index is 1.79. The highest BCUT2D eigenvalue weighted by Gasteiger charge is 2.56. The summed E-state index contributed by atoms with van der Waals surface area (Å²) in [7, 11) is 0. The minimum Gasteiger partial charge on any atom is -0.444 e. The third-order valence-corrected chi connectivity index (χ3v) is 5.49. The first kappa shape index (κ1) is 19.5. The molecule has 24 heavy (non-hydrogen) atoms. The Morgan fingerprint density at radius 2 is 1.92 bits per heavy atom. The highest BCUT2D eigenvalue weighted by Crippen LogP contribution is 2.54. The largest absolute Gasteiger partial charge is 0.444 e. The zero-order chi connectivity index (χ0) is 17.8. The van der Waals surface area contributed by atoms with Crippen molar-refractivity contribution < 1.29 is 14.3 Å². The van der Waals surface area contributed by atoms with Gasteiger partial charge in [0.15, 0.2) is 0 Å². The maximum Gasteiger partial charge on any atom is 0.410 e. The Hall–Kier alpha value is -0.810. The number of amides is 1. The van der Waals surface area contributed by atoms with Crippen molar-refractivity contribution in [3.8, 4) is 0 Å². The van der Waals surface area contributed by atoms with Gasteiger partial charge < -0.3 is 19.7 Å². The van der Waals surface area contributed by atoms with Gasteiger partial charge in [-0.15, -0.1) is 0 Å². The van der Waals surface area contributed by atoms with Crippen molar-refractivity contribution in [3.05, 3.63) is 0 Å². The van der Waals surface area contributed by atoms with Crippen LogP contribution < -0.4 is 5.32 Å². The van der Waals surface area contributed by atoms with Gasteiger partial charge in [-0.1, -0.05) is 12.8 Å². The number of rotatable bonds is 7. The third kappa shape index (κ3) is 4.42. The lowest BCUT2D eigenvalue weighted by Crippen LogP contribution is -2.63. The molecule has 1 spiro atoms. The smallest absolute Gasteiger partial charge is 0.410 e. The van der Waals surface area contributed by atoms with E-state index in [-0.39, 0.29) is 6.09 Å². The lowest BCUT2D eigenvalue weighted by atomic mass is 9.60. The molecule has 1 N–H and O–H groups in total. The van der Waals surface area contributed by atoms with Crippen LogP contribution in [0.2, 0.25) is 0 Å². The van der Waals surface area contributed by atoms with Gasteiger partial charge in [-0.3, -0.25) is 0 Å². The van der Waals surface area contributed by atoms with Gasteiger partial charge in [-0.25, -0.2) is 4.79 Å². The summed E-state index contributed by atoms with van der Waals surface area (Å²) in [6.45, 7) is 12.8. The Bertz CT molecular complexity index is 413. The number of carbonyl (C=O) groups excluding carboxylic acids is 1. The van der Waals surface area contributed by atoms with Crippen molar-refractivity contribution >= 4 is 6.09 Å². The molecule has 0 heterocycles. The predicted octanol–water partition coefficient (Wildman–Crippen LogP) is 3.57. The van der Waals surface area contributed by atoms with Gasteiger partial charge in [0.1, 0.15) is 5.60 Å². The molecular weight excluding hydrogens is 304 g/mol. The van der Waals surface area contributed by atoms with Crippen molar-refractivity contribution in [1.29, 1.82) is 0 Å². The first-order chi connectivity index (χ1) is 11.3. The van der Waals surface area contributed by atoms with E-state index < -0.39 is 5.60 Å². The molecule has 2 atom stereocenters. The van der Waals surface area contributed by atoms with E-state index in [0.717, 1.165) is 19.6 Å². The normalized spacial score (nSPS) is 25.5. The molecule has 5 nitrogen and oxygen atoms in total. The molecule has 2 unspecified atom stereocenters. The summed E-state index contributed by atoms with van der Waals surface area (Å²) >= 11 is 0. The Morgan fingerprint density at radius 1 is 1.25 bits per heavy atom. The lowest BCUT2D eigenvalue weighted by Gasteiger charge is -2.54. The van der Waals surface area contributed by atoms with Crippen LogP contribution in [-0.4, -0.2) is 55.0 Å². The Morgan fingerprint density at radius 3 is 2.46 bits per heavy atom. The molecule has 0 saturated heterocycles. The van der Waals surface area contributed by atoms with E-state index in [4.69, 9.17) is 9.47 Å². The highest BCUT2D eigenvalue weighted by molar-refractivity contribution is 5.68. The van der Waals surface area contributed by atoms with Crippen LogP contribution in [0.3, 0.4) is 0 Å². The fourth-order valence-corrected chi connectivity index (χ4v) is 4.25. The molecule has 2 aliphatic rings. The third-order valence-electron chi connectivity index (χ3n) is 5.49. The molecular formula is C19H36N2O3. The summed E-state index contributed by atoms with van der Waals surface area (Å²) in [5, 5.41) is 3.69. The SMILES string of the molecule is CCOC1CC(NCCN(CC)C(=O)OC(C)(C)C)C12CCCC2. The number of hydrogen-bond donors (Lipinski definition) is 1. The van der Waals surface area contributed by atoms with Crippen molar-refractivity contribution in [2.24, 2.45) is 5.41 Å². The molecule has 2 fully saturated rings. The van der Waals surface area contributed by atoms with E-state index in [0.29, 0.717) is 30.7 Å². The Labute approximate surface area is 147 Å². The van der Waals surface area contributed by atoms with E-state index in [1.54, 1.807) is 4.90 Å². The number of hydrogen-bond acceptors (Lipinski definition) is 4. The van der Waals surface area contributed by atoms with Crippen molar-refractivity contribution in [3.63, 3.8) is 0 Å². The minimum atomic E-state index is -0.440. The van der Waals surface area contributed by atoms with Crippen LogP contribution in [-0.2, 0) is 9.47 Å². The zero-order valence-electron chi connectivity index (χ0n) is 16.2. The van der Waals surface area contributed by atoms with Crippen LogP contribution in [0.4, 0.5) is 4.79 Å². The van der Waals surface area contributed by atoms with Crippen LogP contribution in [0.5, 0.6) is 0 Å². The second-order valence-electron chi connectivity index (χ2n) is 8.19. The van der Waals surface area contributed by atoms with E-state index in [1.807, 2.05) is 27.7 Å². The molecule has 0 aromatic heterocycles. The molecule has 0 aliphatic heterocycles. The summed E-state index contributed by atoms with van der Waals surface area (Å²) in [4.78, 5) is 14.0. The molecule has 140 valence electrons. The highest BCUT2D eigenvalue weighted by atomic mass is 16.6. The van der Waals surface area contributed by atoms with E-state index in [9.17, 15) is 4.79 Å². The van der Waals surface area contributed by atoms with Gasteiger partial charge in [-0.2, -0.15) is 0 Å². The summed E-state index contributed by atoms with van der Waals surface area (Å²) in [5.74, 6) is 0. The summed E-state index contributed by atoms with van der Waals surface area (Å²) < 4.78 is 11.4.